The number of rotatable bonds is 15. The molecule has 154 valence electrons. The van der Waals surface area contributed by atoms with E-state index in [1.807, 2.05) is 6.07 Å². The normalized spacial score (nSPS) is 11.7. The van der Waals surface area contributed by atoms with Crippen LogP contribution in [-0.2, 0) is 6.42 Å². The van der Waals surface area contributed by atoms with Crippen molar-refractivity contribution in [3.63, 3.8) is 0 Å². The number of aryl methyl sites for hydroxylation is 1. The highest BCUT2D eigenvalue weighted by molar-refractivity contribution is 6.02. The van der Waals surface area contributed by atoms with Gasteiger partial charge in [-0.2, -0.15) is 0 Å². The summed E-state index contributed by atoms with van der Waals surface area (Å²) in [4.78, 5) is 0. The molecule has 1 aromatic rings. The van der Waals surface area contributed by atoms with Gasteiger partial charge in [0.25, 0.3) is 0 Å². The molecule has 1 aromatic carbocycles. The highest BCUT2D eigenvalue weighted by Gasteiger charge is 2.15. The molecule has 0 unspecified atom stereocenters. The first-order valence-corrected chi connectivity index (χ1v) is 10.8. The summed E-state index contributed by atoms with van der Waals surface area (Å²) < 4.78 is 5.43. The SMILES string of the molecule is CCCCCCCCCC(=NO)c1cc(CCCCCC)c(OC)cc1O. The third-order valence-corrected chi connectivity index (χ3v) is 5.15. The van der Waals surface area contributed by atoms with Crippen molar-refractivity contribution >= 4 is 5.71 Å². The standard InChI is InChI=1S/C23H39NO3/c1-4-6-8-10-11-12-14-16-21(24-26)20-17-19(15-13-9-7-5-2)23(27-3)18-22(20)25/h17-18,25-26H,4-16H2,1-3H3. The lowest BCUT2D eigenvalue weighted by Gasteiger charge is -2.14. The van der Waals surface area contributed by atoms with Gasteiger partial charge in [0.15, 0.2) is 0 Å². The lowest BCUT2D eigenvalue weighted by atomic mass is 9.97. The van der Waals surface area contributed by atoms with Gasteiger partial charge in [-0.15, -0.1) is 0 Å². The number of benzene rings is 1. The topological polar surface area (TPSA) is 62.1 Å². The van der Waals surface area contributed by atoms with Gasteiger partial charge < -0.3 is 15.1 Å². The van der Waals surface area contributed by atoms with Gasteiger partial charge in [-0.1, -0.05) is 76.8 Å². The van der Waals surface area contributed by atoms with E-state index in [2.05, 4.69) is 19.0 Å². The Kier molecular flexibility index (Phi) is 12.4. The van der Waals surface area contributed by atoms with E-state index in [1.54, 1.807) is 13.2 Å². The Hall–Kier alpha value is -1.71. The molecule has 0 radical (unpaired) electrons. The molecule has 0 aliphatic heterocycles. The summed E-state index contributed by atoms with van der Waals surface area (Å²) in [7, 11) is 1.63. The first kappa shape index (κ1) is 23.3. The number of aromatic hydroxyl groups is 1. The quantitative estimate of drug-likeness (QED) is 0.152. The van der Waals surface area contributed by atoms with E-state index in [0.717, 1.165) is 31.2 Å². The maximum absolute atomic E-state index is 10.4. The van der Waals surface area contributed by atoms with Crippen molar-refractivity contribution in [3.05, 3.63) is 23.3 Å². The van der Waals surface area contributed by atoms with Crippen LogP contribution in [0.3, 0.4) is 0 Å². The first-order chi connectivity index (χ1) is 13.2. The van der Waals surface area contributed by atoms with Gasteiger partial charge >= 0.3 is 0 Å². The summed E-state index contributed by atoms with van der Waals surface area (Å²) in [5.41, 5.74) is 2.27. The van der Waals surface area contributed by atoms with Crippen LogP contribution in [0.2, 0.25) is 0 Å². The number of ether oxygens (including phenoxy) is 1. The molecule has 0 atom stereocenters. The van der Waals surface area contributed by atoms with Gasteiger partial charge in [-0.05, 0) is 37.3 Å². The van der Waals surface area contributed by atoms with Gasteiger partial charge in [-0.3, -0.25) is 0 Å². The fourth-order valence-corrected chi connectivity index (χ4v) is 3.46. The Labute approximate surface area is 165 Å². The summed E-state index contributed by atoms with van der Waals surface area (Å²) in [6.45, 7) is 4.43. The first-order valence-electron chi connectivity index (χ1n) is 10.8. The largest absolute Gasteiger partial charge is 0.507 e. The fraction of sp³-hybridized carbons (Fsp3) is 0.696. The van der Waals surface area contributed by atoms with Crippen LogP contribution in [0.5, 0.6) is 11.5 Å². The Morgan fingerprint density at radius 2 is 1.48 bits per heavy atom. The van der Waals surface area contributed by atoms with Crippen LogP contribution in [0.4, 0.5) is 0 Å². The number of phenols is 1. The maximum Gasteiger partial charge on any atom is 0.128 e. The second-order valence-electron chi connectivity index (χ2n) is 7.41. The molecule has 0 aromatic heterocycles. The minimum Gasteiger partial charge on any atom is -0.507 e. The van der Waals surface area contributed by atoms with Gasteiger partial charge in [0.1, 0.15) is 11.5 Å². The molecule has 2 N–H and O–H groups in total. The average molecular weight is 378 g/mol. The number of hydrogen-bond donors (Lipinski definition) is 2. The zero-order chi connectivity index (χ0) is 19.9. The minimum atomic E-state index is 0.125. The van der Waals surface area contributed by atoms with Crippen molar-refractivity contribution in [2.75, 3.05) is 7.11 Å². The molecule has 1 rings (SSSR count). The predicted octanol–water partition coefficient (Wildman–Crippen LogP) is 6.84. The molecule has 0 bridgehead atoms. The molecule has 0 aliphatic carbocycles. The number of methoxy groups -OCH3 is 1. The zero-order valence-corrected chi connectivity index (χ0v) is 17.6. The fourth-order valence-electron chi connectivity index (χ4n) is 3.46. The molecule has 0 fully saturated rings. The number of nitrogens with zero attached hydrogens (tertiary/aromatic N) is 1. The number of hydrogen-bond acceptors (Lipinski definition) is 4. The van der Waals surface area contributed by atoms with E-state index in [-0.39, 0.29) is 5.75 Å². The van der Waals surface area contributed by atoms with Crippen LogP contribution in [0.1, 0.15) is 102 Å². The number of oxime groups is 1. The Morgan fingerprint density at radius 3 is 2.07 bits per heavy atom. The molecule has 0 saturated heterocycles. The third kappa shape index (κ3) is 8.68. The van der Waals surface area contributed by atoms with E-state index in [0.29, 0.717) is 23.4 Å². The van der Waals surface area contributed by atoms with E-state index in [1.165, 1.54) is 51.4 Å². The highest BCUT2D eigenvalue weighted by atomic mass is 16.5. The lowest BCUT2D eigenvalue weighted by Crippen LogP contribution is -2.04. The maximum atomic E-state index is 10.4. The van der Waals surface area contributed by atoms with Crippen LogP contribution in [0.15, 0.2) is 17.3 Å². The van der Waals surface area contributed by atoms with Crippen molar-refractivity contribution in [2.24, 2.45) is 5.16 Å². The molecule has 0 aliphatic rings. The van der Waals surface area contributed by atoms with E-state index >= 15 is 0 Å². The molecule has 4 heteroatoms. The Bertz CT molecular complexity index is 555. The summed E-state index contributed by atoms with van der Waals surface area (Å²) in [5, 5.41) is 23.4. The summed E-state index contributed by atoms with van der Waals surface area (Å²) in [5.74, 6) is 0.834. The predicted molar refractivity (Wildman–Crippen MR) is 113 cm³/mol. The van der Waals surface area contributed by atoms with Crippen molar-refractivity contribution < 1.29 is 15.1 Å². The summed E-state index contributed by atoms with van der Waals surface area (Å²) >= 11 is 0. The average Bonchev–Trinajstić information content (AvgIpc) is 2.68. The smallest absolute Gasteiger partial charge is 0.128 e. The minimum absolute atomic E-state index is 0.125. The second-order valence-corrected chi connectivity index (χ2v) is 7.41. The Morgan fingerprint density at radius 1 is 0.889 bits per heavy atom. The van der Waals surface area contributed by atoms with Gasteiger partial charge in [0, 0.05) is 11.6 Å². The van der Waals surface area contributed by atoms with E-state index < -0.39 is 0 Å². The third-order valence-electron chi connectivity index (χ3n) is 5.15. The van der Waals surface area contributed by atoms with Crippen molar-refractivity contribution in [3.8, 4) is 11.5 Å². The molecule has 0 spiro atoms. The van der Waals surface area contributed by atoms with Gasteiger partial charge in [0.05, 0.1) is 12.8 Å². The van der Waals surface area contributed by atoms with Crippen LogP contribution < -0.4 is 4.74 Å². The molecule has 0 saturated carbocycles. The molecular weight excluding hydrogens is 338 g/mol. The molecule has 27 heavy (non-hydrogen) atoms. The summed E-state index contributed by atoms with van der Waals surface area (Å²) in [6.07, 6.45) is 14.8. The molecule has 4 nitrogen and oxygen atoms in total. The molecular formula is C23H39NO3. The monoisotopic (exact) mass is 377 g/mol. The molecule has 0 heterocycles. The van der Waals surface area contributed by atoms with Crippen LogP contribution >= 0.6 is 0 Å². The van der Waals surface area contributed by atoms with Crippen LogP contribution in [0.25, 0.3) is 0 Å². The highest BCUT2D eigenvalue weighted by Crippen LogP contribution is 2.31. The number of phenolic OH excluding ortho intramolecular Hbond substituents is 1. The van der Waals surface area contributed by atoms with Gasteiger partial charge in [0.2, 0.25) is 0 Å². The van der Waals surface area contributed by atoms with Crippen molar-refractivity contribution in [1.82, 2.24) is 0 Å². The van der Waals surface area contributed by atoms with Gasteiger partial charge in [-0.25, -0.2) is 0 Å². The van der Waals surface area contributed by atoms with Crippen LogP contribution in [-0.4, -0.2) is 23.1 Å². The lowest BCUT2D eigenvalue weighted by molar-refractivity contribution is 0.317. The zero-order valence-electron chi connectivity index (χ0n) is 17.6. The summed E-state index contributed by atoms with van der Waals surface area (Å²) in [6, 6.07) is 3.59. The van der Waals surface area contributed by atoms with E-state index in [4.69, 9.17) is 4.74 Å². The van der Waals surface area contributed by atoms with Crippen molar-refractivity contribution in [2.45, 2.75) is 97.3 Å². The van der Waals surface area contributed by atoms with E-state index in [9.17, 15) is 10.3 Å². The number of unbranched alkanes of at least 4 members (excludes halogenated alkanes) is 9. The van der Waals surface area contributed by atoms with Crippen molar-refractivity contribution in [1.29, 1.82) is 0 Å². The second kappa shape index (κ2) is 14.4. The molecule has 0 amide bonds. The Balaban J connectivity index is 2.68. The van der Waals surface area contributed by atoms with Crippen LogP contribution in [0, 0.1) is 0 Å².